The molecule has 2 fully saturated rings. The summed E-state index contributed by atoms with van der Waals surface area (Å²) in [4.78, 5) is 25.6. The highest BCUT2D eigenvalue weighted by molar-refractivity contribution is 5.68. The van der Waals surface area contributed by atoms with Crippen molar-refractivity contribution in [3.63, 3.8) is 0 Å². The normalized spacial score (nSPS) is 17.4. The lowest BCUT2D eigenvalue weighted by Crippen LogP contribution is -2.42. The summed E-state index contributed by atoms with van der Waals surface area (Å²) in [7, 11) is 0. The Morgan fingerprint density at radius 2 is 1.83 bits per heavy atom. The highest BCUT2D eigenvalue weighted by atomic mass is 16.6. The molecule has 154 valence electrons. The minimum absolute atomic E-state index is 0.212. The first kappa shape index (κ1) is 19.5. The van der Waals surface area contributed by atoms with Crippen LogP contribution in [0.4, 0.5) is 16.6 Å². The molecule has 1 amide bonds. The van der Waals surface area contributed by atoms with Crippen LogP contribution < -0.4 is 10.2 Å². The number of nitrogens with zero attached hydrogens (tertiary/aromatic N) is 4. The molecule has 0 unspecified atom stereocenters. The van der Waals surface area contributed by atoms with Crippen LogP contribution in [-0.2, 0) is 4.74 Å². The fourth-order valence-corrected chi connectivity index (χ4v) is 3.95. The van der Waals surface area contributed by atoms with Crippen LogP contribution in [0.5, 0.6) is 0 Å². The van der Waals surface area contributed by atoms with Crippen molar-refractivity contribution in [3.05, 3.63) is 36.4 Å². The van der Waals surface area contributed by atoms with Gasteiger partial charge >= 0.3 is 6.09 Å². The van der Waals surface area contributed by atoms with Crippen molar-refractivity contribution in [2.75, 3.05) is 43.0 Å². The lowest BCUT2D eigenvalue weighted by Gasteiger charge is -2.32. The van der Waals surface area contributed by atoms with Crippen LogP contribution in [0.2, 0.25) is 0 Å². The number of likely N-dealkylation sites (tertiary alicyclic amines) is 1. The lowest BCUT2D eigenvalue weighted by atomic mass is 10.1. The number of piperidine rings is 1. The highest BCUT2D eigenvalue weighted by Crippen LogP contribution is 2.26. The van der Waals surface area contributed by atoms with Crippen molar-refractivity contribution < 1.29 is 9.53 Å². The smallest absolute Gasteiger partial charge is 0.409 e. The van der Waals surface area contributed by atoms with Gasteiger partial charge in [-0.2, -0.15) is 4.98 Å². The van der Waals surface area contributed by atoms with Gasteiger partial charge in [0.1, 0.15) is 5.82 Å². The van der Waals surface area contributed by atoms with Crippen molar-refractivity contribution in [2.45, 2.75) is 38.6 Å². The van der Waals surface area contributed by atoms with Gasteiger partial charge in [-0.25, -0.2) is 9.78 Å². The monoisotopic (exact) mass is 395 g/mol. The van der Waals surface area contributed by atoms with E-state index in [1.165, 1.54) is 12.8 Å². The second kappa shape index (κ2) is 9.11. The maximum atomic E-state index is 11.9. The first-order chi connectivity index (χ1) is 14.2. The van der Waals surface area contributed by atoms with Gasteiger partial charge in [-0.1, -0.05) is 30.3 Å². The maximum absolute atomic E-state index is 11.9. The molecule has 29 heavy (non-hydrogen) atoms. The number of nitrogens with one attached hydrogen (secondary N) is 1. The molecule has 3 heterocycles. The largest absolute Gasteiger partial charge is 0.450 e. The zero-order valence-corrected chi connectivity index (χ0v) is 17.0. The summed E-state index contributed by atoms with van der Waals surface area (Å²) in [6, 6.07) is 12.6. The molecule has 1 aromatic heterocycles. The number of rotatable bonds is 5. The molecule has 2 saturated heterocycles. The maximum Gasteiger partial charge on any atom is 0.409 e. The second-order valence-corrected chi connectivity index (χ2v) is 7.60. The van der Waals surface area contributed by atoms with Crippen LogP contribution in [0.1, 0.15) is 32.6 Å². The number of carbonyl (C=O) groups is 1. The van der Waals surface area contributed by atoms with E-state index >= 15 is 0 Å². The third kappa shape index (κ3) is 4.78. The molecule has 0 radical (unpaired) electrons. The van der Waals surface area contributed by atoms with Crippen molar-refractivity contribution in [2.24, 2.45) is 0 Å². The summed E-state index contributed by atoms with van der Waals surface area (Å²) in [5, 5.41) is 3.59. The van der Waals surface area contributed by atoms with E-state index in [0.717, 1.165) is 49.0 Å². The summed E-state index contributed by atoms with van der Waals surface area (Å²) in [5.74, 6) is 1.66. The van der Waals surface area contributed by atoms with Gasteiger partial charge in [-0.05, 0) is 32.6 Å². The molecule has 0 saturated carbocycles. The van der Waals surface area contributed by atoms with Crippen LogP contribution in [-0.4, -0.2) is 59.8 Å². The van der Waals surface area contributed by atoms with E-state index in [0.29, 0.717) is 19.7 Å². The fraction of sp³-hybridized carbons (Fsp3) is 0.500. The molecule has 0 spiro atoms. The third-order valence-electron chi connectivity index (χ3n) is 5.55. The first-order valence-corrected chi connectivity index (χ1v) is 10.6. The average Bonchev–Trinajstić information content (AvgIpc) is 3.30. The molecule has 1 N–H and O–H groups in total. The zero-order chi connectivity index (χ0) is 20.1. The van der Waals surface area contributed by atoms with E-state index in [-0.39, 0.29) is 12.1 Å². The quantitative estimate of drug-likeness (QED) is 0.831. The van der Waals surface area contributed by atoms with Crippen molar-refractivity contribution >= 4 is 17.9 Å². The van der Waals surface area contributed by atoms with Gasteiger partial charge in [-0.3, -0.25) is 0 Å². The van der Waals surface area contributed by atoms with Crippen LogP contribution >= 0.6 is 0 Å². The Balaban J connectivity index is 1.49. The van der Waals surface area contributed by atoms with Gasteiger partial charge in [0.05, 0.1) is 12.3 Å². The van der Waals surface area contributed by atoms with Crippen LogP contribution in [0.3, 0.4) is 0 Å². The van der Waals surface area contributed by atoms with Gasteiger partial charge in [-0.15, -0.1) is 0 Å². The molecular formula is C22H29N5O2. The van der Waals surface area contributed by atoms with Crippen LogP contribution in [0.15, 0.2) is 36.4 Å². The molecule has 0 aliphatic carbocycles. The van der Waals surface area contributed by atoms with Crippen molar-refractivity contribution in [3.8, 4) is 11.3 Å². The SMILES string of the molecule is CCOC(=O)N1CCC(Nc2cc(-c3ccccc3)nc(N3CCCC3)n2)CC1. The van der Waals surface area contributed by atoms with Crippen molar-refractivity contribution in [1.82, 2.24) is 14.9 Å². The highest BCUT2D eigenvalue weighted by Gasteiger charge is 2.24. The lowest BCUT2D eigenvalue weighted by molar-refractivity contribution is 0.0983. The average molecular weight is 396 g/mol. The Bertz CT molecular complexity index is 815. The topological polar surface area (TPSA) is 70.6 Å². The Morgan fingerprint density at radius 3 is 2.52 bits per heavy atom. The molecule has 2 aromatic rings. The number of carbonyl (C=O) groups excluding carboxylic acids is 1. The van der Waals surface area contributed by atoms with Gasteiger partial charge in [0.25, 0.3) is 0 Å². The number of ether oxygens (including phenoxy) is 1. The molecule has 4 rings (SSSR count). The number of hydrogen-bond acceptors (Lipinski definition) is 6. The summed E-state index contributed by atoms with van der Waals surface area (Å²) >= 11 is 0. The van der Waals surface area contributed by atoms with Gasteiger partial charge in [0, 0.05) is 43.9 Å². The number of benzene rings is 1. The summed E-state index contributed by atoms with van der Waals surface area (Å²) in [6.07, 6.45) is 3.92. The molecular weight excluding hydrogens is 366 g/mol. The van der Waals surface area contributed by atoms with E-state index < -0.39 is 0 Å². The van der Waals surface area contributed by atoms with E-state index in [9.17, 15) is 4.79 Å². The summed E-state index contributed by atoms with van der Waals surface area (Å²) in [5.41, 5.74) is 2.03. The van der Waals surface area contributed by atoms with E-state index in [1.54, 1.807) is 4.90 Å². The molecule has 1 aromatic carbocycles. The minimum Gasteiger partial charge on any atom is -0.450 e. The molecule has 0 atom stereocenters. The Hall–Kier alpha value is -2.83. The third-order valence-corrected chi connectivity index (χ3v) is 5.55. The fourth-order valence-electron chi connectivity index (χ4n) is 3.95. The molecule has 7 nitrogen and oxygen atoms in total. The number of anilines is 2. The molecule has 0 bridgehead atoms. The van der Waals surface area contributed by atoms with Crippen LogP contribution in [0, 0.1) is 0 Å². The Kier molecular flexibility index (Phi) is 6.12. The number of amides is 1. The van der Waals surface area contributed by atoms with Gasteiger partial charge in [0.2, 0.25) is 5.95 Å². The van der Waals surface area contributed by atoms with Crippen LogP contribution in [0.25, 0.3) is 11.3 Å². The minimum atomic E-state index is -0.212. The second-order valence-electron chi connectivity index (χ2n) is 7.60. The number of aromatic nitrogens is 2. The van der Waals surface area contributed by atoms with E-state index in [4.69, 9.17) is 14.7 Å². The molecule has 7 heteroatoms. The molecule has 2 aliphatic rings. The zero-order valence-electron chi connectivity index (χ0n) is 17.0. The molecule has 2 aliphatic heterocycles. The van der Waals surface area contributed by atoms with Gasteiger partial charge < -0.3 is 19.9 Å². The summed E-state index contributed by atoms with van der Waals surface area (Å²) < 4.78 is 5.11. The summed E-state index contributed by atoms with van der Waals surface area (Å²) in [6.45, 7) is 5.67. The Labute approximate surface area is 172 Å². The number of hydrogen-bond donors (Lipinski definition) is 1. The van der Waals surface area contributed by atoms with E-state index in [2.05, 4.69) is 22.3 Å². The van der Waals surface area contributed by atoms with Crippen molar-refractivity contribution in [1.29, 1.82) is 0 Å². The van der Waals surface area contributed by atoms with Gasteiger partial charge in [0.15, 0.2) is 0 Å². The predicted octanol–water partition coefficient (Wildman–Crippen LogP) is 3.78. The first-order valence-electron chi connectivity index (χ1n) is 10.6. The Morgan fingerprint density at radius 1 is 1.10 bits per heavy atom. The van der Waals surface area contributed by atoms with E-state index in [1.807, 2.05) is 31.2 Å². The standard InChI is InChI=1S/C22H29N5O2/c1-2-29-22(28)27-14-10-18(11-15-27)23-20-16-19(17-8-4-3-5-9-17)24-21(25-20)26-12-6-7-13-26/h3-5,8-9,16,18H,2,6-7,10-15H2,1H3,(H,23,24,25). The predicted molar refractivity (Wildman–Crippen MR) is 114 cm³/mol.